The lowest BCUT2D eigenvalue weighted by atomic mass is 9.41. The van der Waals surface area contributed by atoms with Gasteiger partial charge in [-0.2, -0.15) is 0 Å². The molecule has 25 unspecified atom stereocenters. The molecule has 0 bridgehead atoms. The van der Waals surface area contributed by atoms with E-state index in [0.717, 1.165) is 32.1 Å². The van der Waals surface area contributed by atoms with Gasteiger partial charge in [-0.25, -0.2) is 0 Å². The number of fused-ring (bicyclic) bond motifs is 2. The summed E-state index contributed by atoms with van der Waals surface area (Å²) in [5.74, 6) is -0.264. The first-order chi connectivity index (χ1) is 29.3. The van der Waals surface area contributed by atoms with Gasteiger partial charge in [-0.15, -0.1) is 0 Å². The minimum atomic E-state index is -1.67. The lowest BCUT2D eigenvalue weighted by molar-refractivity contribution is -0.366. The molecular formula is C46H76O17. The molecule has 5 saturated carbocycles. The van der Waals surface area contributed by atoms with Crippen molar-refractivity contribution in [3.05, 3.63) is 0 Å². The first-order valence-corrected chi connectivity index (χ1v) is 23.6. The normalized spacial score (nSPS) is 59.0. The van der Waals surface area contributed by atoms with Crippen LogP contribution in [0.4, 0.5) is 0 Å². The molecule has 0 radical (unpaired) electrons. The van der Waals surface area contributed by atoms with E-state index in [1.165, 1.54) is 6.92 Å². The van der Waals surface area contributed by atoms with Crippen LogP contribution in [0.1, 0.15) is 113 Å². The Morgan fingerprint density at radius 1 is 0.603 bits per heavy atom. The van der Waals surface area contributed by atoms with Gasteiger partial charge >= 0.3 is 0 Å². The van der Waals surface area contributed by atoms with Gasteiger partial charge in [0.1, 0.15) is 54.9 Å². The number of hydrogen-bond donors (Lipinski definition) is 10. The summed E-state index contributed by atoms with van der Waals surface area (Å²) >= 11 is 0. The third-order valence-corrected chi connectivity index (χ3v) is 19.3. The standard InChI is InChI=1S/C46H76O17/c1-20-28(50)31(53)33(55)38(59-20)62-34-30(52)23(49)18-58-39(34)61-26-10-12-46-19-45(46)14-13-42(6)35(44(8)11-9-27(63-44)41(4,5)56)21(47)16-43(42,7)25(45)15-24(36(46)40(26,2)3)60-37-32(54)29(51)22(48)17-57-37/h20-39,47-56H,9-19H2,1-8H3. The minimum absolute atomic E-state index is 0.0959. The van der Waals surface area contributed by atoms with Crippen molar-refractivity contribution in [2.24, 2.45) is 44.8 Å². The van der Waals surface area contributed by atoms with Gasteiger partial charge in [0.05, 0.1) is 54.9 Å². The van der Waals surface area contributed by atoms with Crippen LogP contribution in [0.5, 0.6) is 0 Å². The van der Waals surface area contributed by atoms with Gasteiger partial charge in [-0.3, -0.25) is 0 Å². The monoisotopic (exact) mass is 901 g/mol. The molecule has 9 rings (SSSR count). The van der Waals surface area contributed by atoms with Crippen LogP contribution in [0.2, 0.25) is 0 Å². The second-order valence-electron chi connectivity index (χ2n) is 23.4. The van der Waals surface area contributed by atoms with Gasteiger partial charge in [0.15, 0.2) is 18.9 Å². The molecule has 0 amide bonds. The Hall–Kier alpha value is -0.680. The second kappa shape index (κ2) is 15.7. The lowest BCUT2D eigenvalue weighted by Crippen LogP contribution is -2.65. The van der Waals surface area contributed by atoms with E-state index in [-0.39, 0.29) is 58.7 Å². The van der Waals surface area contributed by atoms with Gasteiger partial charge in [0.2, 0.25) is 0 Å². The third-order valence-electron chi connectivity index (χ3n) is 19.3. The van der Waals surface area contributed by atoms with Crippen LogP contribution in [-0.2, 0) is 33.2 Å². The van der Waals surface area contributed by atoms with Gasteiger partial charge < -0.3 is 84.2 Å². The van der Waals surface area contributed by atoms with Crippen LogP contribution >= 0.6 is 0 Å². The summed E-state index contributed by atoms with van der Waals surface area (Å²) in [5.41, 5.74) is -3.35. The van der Waals surface area contributed by atoms with Gasteiger partial charge in [0, 0.05) is 5.92 Å². The predicted octanol–water partition coefficient (Wildman–Crippen LogP) is 0.215. The van der Waals surface area contributed by atoms with Crippen molar-refractivity contribution in [2.75, 3.05) is 13.2 Å². The molecule has 5 aliphatic carbocycles. The Labute approximate surface area is 370 Å². The average molecular weight is 901 g/mol. The fourth-order valence-corrected chi connectivity index (χ4v) is 16.0. The molecule has 63 heavy (non-hydrogen) atoms. The van der Waals surface area contributed by atoms with E-state index < -0.39 is 115 Å². The maximum absolute atomic E-state index is 12.3. The smallest absolute Gasteiger partial charge is 0.187 e. The van der Waals surface area contributed by atoms with Crippen molar-refractivity contribution in [2.45, 2.75) is 229 Å². The molecule has 9 fully saturated rings. The Bertz CT molecular complexity index is 1700. The number of hydrogen-bond acceptors (Lipinski definition) is 17. The fraction of sp³-hybridized carbons (Fsp3) is 1.00. The summed E-state index contributed by atoms with van der Waals surface area (Å²) < 4.78 is 44.4. The zero-order chi connectivity index (χ0) is 45.8. The lowest BCUT2D eigenvalue weighted by Gasteiger charge is -2.65. The van der Waals surface area contributed by atoms with Crippen LogP contribution < -0.4 is 0 Å². The summed E-state index contributed by atoms with van der Waals surface area (Å²) in [6.07, 6.45) is -13.3. The fourth-order valence-electron chi connectivity index (χ4n) is 16.0. The summed E-state index contributed by atoms with van der Waals surface area (Å²) in [5, 5.41) is 109. The summed E-state index contributed by atoms with van der Waals surface area (Å²) in [4.78, 5) is 0. The maximum Gasteiger partial charge on any atom is 0.187 e. The highest BCUT2D eigenvalue weighted by atomic mass is 16.8. The van der Waals surface area contributed by atoms with E-state index in [1.54, 1.807) is 13.8 Å². The Balaban J connectivity index is 1.03. The number of aliphatic hydroxyl groups excluding tert-OH is 9. The van der Waals surface area contributed by atoms with Crippen molar-refractivity contribution >= 4 is 0 Å². The average Bonchev–Trinajstić information content (AvgIpc) is 3.57. The van der Waals surface area contributed by atoms with Gasteiger partial charge in [-0.1, -0.05) is 27.7 Å². The second-order valence-corrected chi connectivity index (χ2v) is 23.4. The molecular weight excluding hydrogens is 824 g/mol. The molecule has 25 atom stereocenters. The highest BCUT2D eigenvalue weighted by molar-refractivity contribution is 5.33. The molecule has 0 aromatic carbocycles. The van der Waals surface area contributed by atoms with Crippen LogP contribution in [-0.4, -0.2) is 180 Å². The first-order valence-electron chi connectivity index (χ1n) is 23.6. The highest BCUT2D eigenvalue weighted by Gasteiger charge is 2.85. The van der Waals surface area contributed by atoms with E-state index in [2.05, 4.69) is 34.6 Å². The first kappa shape index (κ1) is 47.4. The summed E-state index contributed by atoms with van der Waals surface area (Å²) in [6.45, 7) is 15.6. The molecule has 17 nitrogen and oxygen atoms in total. The van der Waals surface area contributed by atoms with Crippen molar-refractivity contribution in [3.8, 4) is 0 Å². The van der Waals surface area contributed by atoms with E-state index >= 15 is 0 Å². The third kappa shape index (κ3) is 6.94. The summed E-state index contributed by atoms with van der Waals surface area (Å²) in [7, 11) is 0. The quantitative estimate of drug-likeness (QED) is 0.146. The van der Waals surface area contributed by atoms with Crippen molar-refractivity contribution in [1.29, 1.82) is 0 Å². The van der Waals surface area contributed by atoms with Gasteiger partial charge in [0.25, 0.3) is 0 Å². The van der Waals surface area contributed by atoms with Crippen LogP contribution in [0.15, 0.2) is 0 Å². The number of rotatable bonds is 8. The van der Waals surface area contributed by atoms with E-state index in [1.807, 2.05) is 0 Å². The predicted molar refractivity (Wildman–Crippen MR) is 219 cm³/mol. The molecule has 2 spiro atoms. The number of aliphatic hydroxyl groups is 10. The summed E-state index contributed by atoms with van der Waals surface area (Å²) in [6, 6.07) is 0. The topological polar surface area (TPSA) is 267 Å². The van der Waals surface area contributed by atoms with Crippen LogP contribution in [0, 0.1) is 44.8 Å². The Kier molecular flexibility index (Phi) is 11.8. The molecule has 10 N–H and O–H groups in total. The highest BCUT2D eigenvalue weighted by Crippen LogP contribution is 2.89. The Morgan fingerprint density at radius 2 is 1.25 bits per heavy atom. The largest absolute Gasteiger partial charge is 0.393 e. The zero-order valence-electron chi connectivity index (χ0n) is 38.2. The molecule has 4 heterocycles. The van der Waals surface area contributed by atoms with Crippen LogP contribution in [0.3, 0.4) is 0 Å². The Morgan fingerprint density at radius 3 is 1.92 bits per heavy atom. The van der Waals surface area contributed by atoms with Crippen LogP contribution in [0.25, 0.3) is 0 Å². The molecule has 0 aromatic rings. The molecule has 0 aromatic heterocycles. The van der Waals surface area contributed by atoms with E-state index in [9.17, 15) is 51.1 Å². The van der Waals surface area contributed by atoms with E-state index in [4.69, 9.17) is 33.2 Å². The molecule has 362 valence electrons. The van der Waals surface area contributed by atoms with Crippen molar-refractivity contribution in [1.82, 2.24) is 0 Å². The molecule has 4 saturated heterocycles. The molecule has 9 aliphatic rings. The van der Waals surface area contributed by atoms with Crippen molar-refractivity contribution < 1.29 is 84.2 Å². The minimum Gasteiger partial charge on any atom is -0.393 e. The van der Waals surface area contributed by atoms with E-state index in [0.29, 0.717) is 25.7 Å². The van der Waals surface area contributed by atoms with Gasteiger partial charge in [-0.05, 0) is 124 Å². The zero-order valence-corrected chi connectivity index (χ0v) is 38.2. The maximum atomic E-state index is 12.3. The van der Waals surface area contributed by atoms with Crippen molar-refractivity contribution in [3.63, 3.8) is 0 Å². The number of ether oxygens (including phenoxy) is 7. The SMILES string of the molecule is CC1OC(OC2C(OC3CCC45CC46CCC4(C)C(C7(C)CCC(C(C)(C)O)O7)C(O)CC4(C)C6CC(OC4OCC(O)C(O)C4O)C5C3(C)C)OCC(O)C2O)C(O)C(O)C1O. The molecule has 4 aliphatic heterocycles. The molecule has 17 heteroatoms.